The number of aliphatic hydroxyl groups excluding tert-OH is 1. The third kappa shape index (κ3) is 4.40. The minimum atomic E-state index is -0.687. The molecule has 0 spiro atoms. The van der Waals surface area contributed by atoms with E-state index in [0.29, 0.717) is 12.2 Å². The second kappa shape index (κ2) is 10.3. The standard InChI is InChI=1S/C27H32N2O5/c1-4-28(5-2)21-11-8-18(9-12-21)24-23(26(31)27(32)29(24)14-16-33-3)25(30)20-10-13-22-19(17-20)7-6-15-34-22/h8-13,17,24,30H,4-7,14-16H2,1-3H3/b25-23-. The fraction of sp³-hybridized carbons (Fsp3) is 0.407. The van der Waals surface area contributed by atoms with Crippen molar-refractivity contribution in [2.45, 2.75) is 32.7 Å². The van der Waals surface area contributed by atoms with E-state index in [2.05, 4.69) is 18.7 Å². The van der Waals surface area contributed by atoms with E-state index in [-0.39, 0.29) is 24.5 Å². The van der Waals surface area contributed by atoms with Gasteiger partial charge >= 0.3 is 0 Å². The molecule has 2 aromatic rings. The number of hydrogen-bond acceptors (Lipinski definition) is 6. The van der Waals surface area contributed by atoms with Crippen LogP contribution >= 0.6 is 0 Å². The predicted octanol–water partition coefficient (Wildman–Crippen LogP) is 3.93. The number of methoxy groups -OCH3 is 1. The molecule has 2 aromatic carbocycles. The molecular weight excluding hydrogens is 432 g/mol. The first kappa shape index (κ1) is 23.8. The van der Waals surface area contributed by atoms with E-state index >= 15 is 0 Å². The number of aliphatic hydroxyl groups is 1. The highest BCUT2D eigenvalue weighted by atomic mass is 16.5. The van der Waals surface area contributed by atoms with E-state index in [4.69, 9.17) is 9.47 Å². The molecule has 1 N–H and O–H groups in total. The number of carbonyl (C=O) groups is 2. The van der Waals surface area contributed by atoms with Crippen LogP contribution in [0.1, 0.15) is 43.0 Å². The summed E-state index contributed by atoms with van der Waals surface area (Å²) in [4.78, 5) is 29.9. The normalized spacial score (nSPS) is 19.1. The number of amides is 1. The topological polar surface area (TPSA) is 79.3 Å². The minimum Gasteiger partial charge on any atom is -0.507 e. The molecule has 2 aliphatic rings. The number of aryl methyl sites for hydroxylation is 1. The lowest BCUT2D eigenvalue weighted by molar-refractivity contribution is -0.140. The van der Waals surface area contributed by atoms with E-state index in [1.807, 2.05) is 36.4 Å². The average Bonchev–Trinajstić information content (AvgIpc) is 3.12. The van der Waals surface area contributed by atoms with Gasteiger partial charge in [0.15, 0.2) is 0 Å². The van der Waals surface area contributed by atoms with E-state index in [1.54, 1.807) is 13.2 Å². The van der Waals surface area contributed by atoms with Gasteiger partial charge in [-0.25, -0.2) is 0 Å². The molecule has 1 amide bonds. The van der Waals surface area contributed by atoms with Gasteiger partial charge in [-0.1, -0.05) is 12.1 Å². The zero-order valence-electron chi connectivity index (χ0n) is 20.0. The zero-order valence-corrected chi connectivity index (χ0v) is 20.0. The van der Waals surface area contributed by atoms with Crippen molar-refractivity contribution < 1.29 is 24.2 Å². The molecule has 1 atom stereocenters. The Kier molecular flexibility index (Phi) is 7.22. The number of Topliss-reactive ketones (excluding diaryl/α,β-unsaturated/α-hetero) is 1. The Morgan fingerprint density at radius 3 is 2.56 bits per heavy atom. The molecule has 0 saturated carbocycles. The fourth-order valence-corrected chi connectivity index (χ4v) is 4.77. The Balaban J connectivity index is 1.79. The lowest BCUT2D eigenvalue weighted by Crippen LogP contribution is -2.32. The average molecular weight is 465 g/mol. The number of ketones is 1. The molecule has 7 heteroatoms. The third-order valence-corrected chi connectivity index (χ3v) is 6.60. The summed E-state index contributed by atoms with van der Waals surface area (Å²) in [5.74, 6) is -0.672. The molecule has 1 fully saturated rings. The van der Waals surface area contributed by atoms with Gasteiger partial charge in [0.25, 0.3) is 11.7 Å². The number of nitrogens with zero attached hydrogens (tertiary/aromatic N) is 2. The summed E-state index contributed by atoms with van der Waals surface area (Å²) >= 11 is 0. The molecule has 0 aromatic heterocycles. The van der Waals surface area contributed by atoms with Gasteiger partial charge in [0.2, 0.25) is 0 Å². The third-order valence-electron chi connectivity index (χ3n) is 6.60. The van der Waals surface area contributed by atoms with Gasteiger partial charge < -0.3 is 24.4 Å². The van der Waals surface area contributed by atoms with Crippen molar-refractivity contribution in [2.24, 2.45) is 0 Å². The maximum absolute atomic E-state index is 13.2. The smallest absolute Gasteiger partial charge is 0.295 e. The van der Waals surface area contributed by atoms with Gasteiger partial charge in [-0.2, -0.15) is 0 Å². The number of carbonyl (C=O) groups excluding carboxylic acids is 2. The summed E-state index contributed by atoms with van der Waals surface area (Å²) in [5, 5.41) is 11.3. The Morgan fingerprint density at radius 2 is 1.88 bits per heavy atom. The van der Waals surface area contributed by atoms with Crippen molar-refractivity contribution in [2.75, 3.05) is 44.9 Å². The number of ether oxygens (including phenoxy) is 2. The monoisotopic (exact) mass is 464 g/mol. The lowest BCUT2D eigenvalue weighted by Gasteiger charge is -2.26. The van der Waals surface area contributed by atoms with Crippen LogP contribution in [0.3, 0.4) is 0 Å². The zero-order chi connectivity index (χ0) is 24.2. The Morgan fingerprint density at radius 1 is 1.15 bits per heavy atom. The number of fused-ring (bicyclic) bond motifs is 1. The van der Waals surface area contributed by atoms with Crippen molar-refractivity contribution in [1.82, 2.24) is 4.90 Å². The maximum Gasteiger partial charge on any atom is 0.295 e. The van der Waals surface area contributed by atoms with Gasteiger partial charge in [-0.15, -0.1) is 0 Å². The quantitative estimate of drug-likeness (QED) is 0.362. The molecule has 0 radical (unpaired) electrons. The molecule has 0 bridgehead atoms. The Hall–Kier alpha value is -3.32. The number of likely N-dealkylation sites (tertiary alicyclic amines) is 1. The Labute approximate surface area is 200 Å². The van der Waals surface area contributed by atoms with E-state index in [9.17, 15) is 14.7 Å². The van der Waals surface area contributed by atoms with E-state index in [0.717, 1.165) is 48.5 Å². The first-order valence-electron chi connectivity index (χ1n) is 11.9. The maximum atomic E-state index is 13.2. The number of anilines is 1. The van der Waals surface area contributed by atoms with Crippen molar-refractivity contribution in [1.29, 1.82) is 0 Å². The summed E-state index contributed by atoms with van der Waals surface area (Å²) in [5.41, 5.74) is 3.45. The lowest BCUT2D eigenvalue weighted by atomic mass is 9.94. The highest BCUT2D eigenvalue weighted by Gasteiger charge is 2.45. The van der Waals surface area contributed by atoms with Crippen molar-refractivity contribution in [3.63, 3.8) is 0 Å². The van der Waals surface area contributed by atoms with Crippen LogP contribution < -0.4 is 9.64 Å². The molecule has 0 aliphatic carbocycles. The van der Waals surface area contributed by atoms with Crippen molar-refractivity contribution in [3.05, 3.63) is 64.7 Å². The molecule has 7 nitrogen and oxygen atoms in total. The second-order valence-electron chi connectivity index (χ2n) is 8.52. The van der Waals surface area contributed by atoms with Gasteiger partial charge in [0, 0.05) is 38.0 Å². The van der Waals surface area contributed by atoms with Crippen LogP contribution in [0, 0.1) is 0 Å². The minimum absolute atomic E-state index is 0.105. The molecule has 4 rings (SSSR count). The number of benzene rings is 2. The summed E-state index contributed by atoms with van der Waals surface area (Å²) < 4.78 is 10.9. The number of hydrogen-bond donors (Lipinski definition) is 1. The SMILES string of the molecule is CCN(CC)c1ccc(C2/C(=C(/O)c3ccc4c(c3)CCCO4)C(=O)C(=O)N2CCOC)cc1. The summed E-state index contributed by atoms with van der Waals surface area (Å²) in [6.07, 6.45) is 1.74. The van der Waals surface area contributed by atoms with Gasteiger partial charge in [-0.3, -0.25) is 9.59 Å². The predicted molar refractivity (Wildman–Crippen MR) is 131 cm³/mol. The highest BCUT2D eigenvalue weighted by Crippen LogP contribution is 2.40. The van der Waals surface area contributed by atoms with Crippen LogP contribution in [0.15, 0.2) is 48.0 Å². The summed E-state index contributed by atoms with van der Waals surface area (Å²) in [7, 11) is 1.56. The molecule has 34 heavy (non-hydrogen) atoms. The molecule has 2 aliphatic heterocycles. The first-order valence-corrected chi connectivity index (χ1v) is 11.9. The van der Waals surface area contributed by atoms with Crippen molar-refractivity contribution >= 4 is 23.1 Å². The summed E-state index contributed by atoms with van der Waals surface area (Å²) in [6.45, 7) is 7.16. The second-order valence-corrected chi connectivity index (χ2v) is 8.52. The fourth-order valence-electron chi connectivity index (χ4n) is 4.77. The van der Waals surface area contributed by atoms with Crippen LogP contribution in [0.2, 0.25) is 0 Å². The van der Waals surface area contributed by atoms with Crippen LogP contribution in [-0.4, -0.2) is 61.7 Å². The van der Waals surface area contributed by atoms with E-state index < -0.39 is 17.7 Å². The molecule has 2 heterocycles. The molecule has 1 saturated heterocycles. The molecule has 180 valence electrons. The highest BCUT2D eigenvalue weighted by molar-refractivity contribution is 6.46. The van der Waals surface area contributed by atoms with Crippen molar-refractivity contribution in [3.8, 4) is 5.75 Å². The van der Waals surface area contributed by atoms with E-state index in [1.165, 1.54) is 4.90 Å². The van der Waals surface area contributed by atoms with Gasteiger partial charge in [0.1, 0.15) is 11.5 Å². The Bertz CT molecular complexity index is 1090. The first-order chi connectivity index (χ1) is 16.5. The summed E-state index contributed by atoms with van der Waals surface area (Å²) in [6, 6.07) is 12.6. The van der Waals surface area contributed by atoms with Gasteiger partial charge in [-0.05, 0) is 68.1 Å². The van der Waals surface area contributed by atoms with Gasteiger partial charge in [0.05, 0.1) is 24.8 Å². The molecular formula is C27H32N2O5. The molecule has 1 unspecified atom stereocenters. The van der Waals surface area contributed by atoms with Crippen LogP contribution in [0.4, 0.5) is 5.69 Å². The largest absolute Gasteiger partial charge is 0.507 e. The number of rotatable bonds is 8. The van der Waals surface area contributed by atoms with Crippen LogP contribution in [0.5, 0.6) is 5.75 Å². The van der Waals surface area contributed by atoms with Crippen LogP contribution in [0.25, 0.3) is 5.76 Å². The van der Waals surface area contributed by atoms with Crippen LogP contribution in [-0.2, 0) is 20.7 Å².